The lowest BCUT2D eigenvalue weighted by atomic mass is 10.2. The van der Waals surface area contributed by atoms with Crippen molar-refractivity contribution in [3.05, 3.63) is 23.7 Å². The van der Waals surface area contributed by atoms with Gasteiger partial charge in [0.2, 0.25) is 0 Å². The fraction of sp³-hybridized carbons (Fsp3) is 0.750. The maximum absolute atomic E-state index is 10.1. The van der Waals surface area contributed by atoms with Crippen molar-refractivity contribution in [2.75, 3.05) is 13.2 Å². The predicted octanol–water partition coefficient (Wildman–Crippen LogP) is 2.97. The van der Waals surface area contributed by atoms with Gasteiger partial charge in [0.05, 0.1) is 25.4 Å². The molecule has 1 rings (SSSR count). The normalized spacial score (nSPS) is 15.0. The lowest BCUT2D eigenvalue weighted by Gasteiger charge is -2.29. The Hall–Kier alpha value is -0.840. The number of hydrogen-bond acceptors (Lipinski definition) is 4. The molecule has 0 aliphatic rings. The van der Waals surface area contributed by atoms with Crippen LogP contribution in [0.1, 0.15) is 45.6 Å². The van der Waals surface area contributed by atoms with Crippen LogP contribution in [0.2, 0.25) is 0 Å². The minimum atomic E-state index is -0.470. The van der Waals surface area contributed by atoms with Crippen molar-refractivity contribution in [2.45, 2.75) is 65.8 Å². The molecule has 0 bridgehead atoms. The van der Waals surface area contributed by atoms with E-state index < -0.39 is 6.10 Å². The third-order valence-electron chi connectivity index (χ3n) is 3.44. The Balaban J connectivity index is 2.55. The number of hydrogen-bond donors (Lipinski definition) is 1. The van der Waals surface area contributed by atoms with Crippen LogP contribution >= 0.6 is 0 Å². The van der Waals surface area contributed by atoms with Crippen molar-refractivity contribution in [2.24, 2.45) is 0 Å². The largest absolute Gasteiger partial charge is 0.465 e. The molecule has 1 heterocycles. The van der Waals surface area contributed by atoms with Gasteiger partial charge in [0.15, 0.2) is 0 Å². The summed E-state index contributed by atoms with van der Waals surface area (Å²) in [5.41, 5.74) is 0. The second kappa shape index (κ2) is 8.45. The van der Waals surface area contributed by atoms with Gasteiger partial charge >= 0.3 is 0 Å². The van der Waals surface area contributed by atoms with Crippen LogP contribution in [-0.4, -0.2) is 41.4 Å². The molecule has 1 aromatic rings. The van der Waals surface area contributed by atoms with Crippen LogP contribution in [-0.2, 0) is 11.3 Å². The lowest BCUT2D eigenvalue weighted by molar-refractivity contribution is -0.0158. The van der Waals surface area contributed by atoms with Crippen molar-refractivity contribution >= 4 is 0 Å². The molecular formula is C16H29NO3. The van der Waals surface area contributed by atoms with E-state index in [4.69, 9.17) is 9.15 Å². The molecule has 0 aliphatic heterocycles. The molecule has 0 radical (unpaired) electrons. The summed E-state index contributed by atoms with van der Waals surface area (Å²) >= 11 is 0. The predicted molar refractivity (Wildman–Crippen MR) is 80.7 cm³/mol. The second-order valence-corrected chi connectivity index (χ2v) is 5.73. The van der Waals surface area contributed by atoms with Crippen molar-refractivity contribution in [3.63, 3.8) is 0 Å². The van der Waals surface area contributed by atoms with E-state index in [-0.39, 0.29) is 6.10 Å². The Morgan fingerprint density at radius 1 is 1.30 bits per heavy atom. The van der Waals surface area contributed by atoms with Gasteiger partial charge in [0, 0.05) is 12.6 Å². The number of aliphatic hydroxyl groups is 1. The van der Waals surface area contributed by atoms with Crippen molar-refractivity contribution < 1.29 is 14.3 Å². The molecule has 0 amide bonds. The molecule has 2 atom stereocenters. The molecule has 4 heteroatoms. The smallest absolute Gasteiger partial charge is 0.118 e. The summed E-state index contributed by atoms with van der Waals surface area (Å²) in [7, 11) is 0. The standard InChI is InChI=1S/C16H29NO3/c1-6-13(4)17(9-15(18)11-19-12(2)3)10-16-8-7-14(5)20-16/h7-8,12-13,15,18H,6,9-11H2,1-5H3. The number of aryl methyl sites for hydroxylation is 1. The summed E-state index contributed by atoms with van der Waals surface area (Å²) in [6.07, 6.45) is 0.717. The summed E-state index contributed by atoms with van der Waals surface area (Å²) < 4.78 is 11.1. The average Bonchev–Trinajstić information content (AvgIpc) is 2.80. The molecule has 0 spiro atoms. The Kier molecular flexibility index (Phi) is 7.27. The van der Waals surface area contributed by atoms with Crippen LogP contribution in [0.15, 0.2) is 16.5 Å². The highest BCUT2D eigenvalue weighted by Gasteiger charge is 2.18. The van der Waals surface area contributed by atoms with Gasteiger partial charge in [-0.05, 0) is 46.2 Å². The molecule has 0 saturated heterocycles. The summed E-state index contributed by atoms with van der Waals surface area (Å²) in [5.74, 6) is 1.87. The molecule has 1 aromatic heterocycles. The Labute approximate surface area is 122 Å². The SMILES string of the molecule is CCC(C)N(Cc1ccc(C)o1)CC(O)COC(C)C. The highest BCUT2D eigenvalue weighted by molar-refractivity contribution is 5.05. The van der Waals surface area contributed by atoms with Gasteiger partial charge in [0.1, 0.15) is 11.5 Å². The molecule has 2 unspecified atom stereocenters. The van der Waals surface area contributed by atoms with Gasteiger partial charge < -0.3 is 14.3 Å². The maximum atomic E-state index is 10.1. The molecule has 0 saturated carbocycles. The number of furan rings is 1. The van der Waals surface area contributed by atoms with Gasteiger partial charge in [-0.15, -0.1) is 0 Å². The third kappa shape index (κ3) is 6.07. The van der Waals surface area contributed by atoms with Crippen LogP contribution in [0.4, 0.5) is 0 Å². The van der Waals surface area contributed by atoms with Crippen LogP contribution in [0, 0.1) is 6.92 Å². The van der Waals surface area contributed by atoms with E-state index >= 15 is 0 Å². The highest BCUT2D eigenvalue weighted by Crippen LogP contribution is 2.14. The Bertz CT molecular complexity index is 376. The first-order valence-electron chi connectivity index (χ1n) is 7.51. The molecular weight excluding hydrogens is 254 g/mol. The zero-order valence-corrected chi connectivity index (χ0v) is 13.4. The Morgan fingerprint density at radius 3 is 2.50 bits per heavy atom. The summed E-state index contributed by atoms with van der Waals surface area (Å²) in [6, 6.07) is 4.37. The fourth-order valence-electron chi connectivity index (χ4n) is 2.06. The molecule has 0 aliphatic carbocycles. The lowest BCUT2D eigenvalue weighted by Crippen LogP contribution is -2.40. The molecule has 0 aromatic carbocycles. The van der Waals surface area contributed by atoms with Gasteiger partial charge in [-0.1, -0.05) is 6.92 Å². The van der Waals surface area contributed by atoms with E-state index in [1.165, 1.54) is 0 Å². The van der Waals surface area contributed by atoms with Crippen molar-refractivity contribution in [1.29, 1.82) is 0 Å². The molecule has 1 N–H and O–H groups in total. The monoisotopic (exact) mass is 283 g/mol. The first-order valence-corrected chi connectivity index (χ1v) is 7.51. The molecule has 4 nitrogen and oxygen atoms in total. The van der Waals surface area contributed by atoms with Gasteiger partial charge in [-0.2, -0.15) is 0 Å². The van der Waals surface area contributed by atoms with Crippen LogP contribution in [0.25, 0.3) is 0 Å². The quantitative estimate of drug-likeness (QED) is 0.757. The van der Waals surface area contributed by atoms with Gasteiger partial charge in [0.25, 0.3) is 0 Å². The fourth-order valence-corrected chi connectivity index (χ4v) is 2.06. The van der Waals surface area contributed by atoms with E-state index in [9.17, 15) is 5.11 Å². The zero-order chi connectivity index (χ0) is 15.1. The number of ether oxygens (including phenoxy) is 1. The van der Waals surface area contributed by atoms with Gasteiger partial charge in [-0.25, -0.2) is 0 Å². The molecule has 0 fully saturated rings. The first kappa shape index (κ1) is 17.2. The highest BCUT2D eigenvalue weighted by atomic mass is 16.5. The van der Waals surface area contributed by atoms with Crippen LogP contribution < -0.4 is 0 Å². The van der Waals surface area contributed by atoms with Crippen LogP contribution in [0.3, 0.4) is 0 Å². The topological polar surface area (TPSA) is 45.8 Å². The van der Waals surface area contributed by atoms with Crippen LogP contribution in [0.5, 0.6) is 0 Å². The van der Waals surface area contributed by atoms with E-state index in [0.29, 0.717) is 19.2 Å². The van der Waals surface area contributed by atoms with E-state index in [2.05, 4.69) is 18.7 Å². The van der Waals surface area contributed by atoms with E-state index in [1.54, 1.807) is 0 Å². The minimum absolute atomic E-state index is 0.148. The van der Waals surface area contributed by atoms with Crippen molar-refractivity contribution in [3.8, 4) is 0 Å². The van der Waals surface area contributed by atoms with Gasteiger partial charge in [-0.3, -0.25) is 4.90 Å². The third-order valence-corrected chi connectivity index (χ3v) is 3.44. The average molecular weight is 283 g/mol. The van der Waals surface area contributed by atoms with E-state index in [0.717, 1.165) is 24.5 Å². The number of rotatable bonds is 9. The molecule has 20 heavy (non-hydrogen) atoms. The summed E-state index contributed by atoms with van der Waals surface area (Å²) in [5, 5.41) is 10.1. The zero-order valence-electron chi connectivity index (χ0n) is 13.4. The molecule has 116 valence electrons. The summed E-state index contributed by atoms with van der Waals surface area (Å²) in [4.78, 5) is 2.24. The van der Waals surface area contributed by atoms with E-state index in [1.807, 2.05) is 32.9 Å². The maximum Gasteiger partial charge on any atom is 0.118 e. The summed E-state index contributed by atoms with van der Waals surface area (Å²) in [6.45, 7) is 11.9. The number of nitrogens with zero attached hydrogens (tertiary/aromatic N) is 1. The second-order valence-electron chi connectivity index (χ2n) is 5.73. The Morgan fingerprint density at radius 2 is 2.00 bits per heavy atom. The number of aliphatic hydroxyl groups excluding tert-OH is 1. The minimum Gasteiger partial charge on any atom is -0.465 e. The first-order chi connectivity index (χ1) is 9.42. The van der Waals surface area contributed by atoms with Crippen molar-refractivity contribution in [1.82, 2.24) is 4.90 Å².